The van der Waals surface area contributed by atoms with Crippen LogP contribution in [0.2, 0.25) is 0 Å². The van der Waals surface area contributed by atoms with Crippen molar-refractivity contribution in [3.05, 3.63) is 36.5 Å². The zero-order valence-corrected chi connectivity index (χ0v) is 6.29. The highest BCUT2D eigenvalue weighted by Gasteiger charge is 1.80. The second-order valence-electron chi connectivity index (χ2n) is 2.49. The molecule has 0 fully saturated rings. The Kier molecular flexibility index (Phi) is 3.69. The molecule has 0 aliphatic heterocycles. The summed E-state index contributed by atoms with van der Waals surface area (Å²) in [6.45, 7) is 0. The lowest BCUT2D eigenvalue weighted by Crippen LogP contribution is -1.70. The van der Waals surface area contributed by atoms with E-state index in [-0.39, 0.29) is 0 Å². The molecule has 0 aromatic rings. The van der Waals surface area contributed by atoms with Crippen molar-refractivity contribution in [3.63, 3.8) is 0 Å². The van der Waals surface area contributed by atoms with E-state index in [2.05, 4.69) is 36.5 Å². The summed E-state index contributed by atoms with van der Waals surface area (Å²) in [4.78, 5) is 0. The minimum Gasteiger partial charge on any atom is -0.0882 e. The summed E-state index contributed by atoms with van der Waals surface area (Å²) in [5.74, 6) is 0. The first-order valence-electron chi connectivity index (χ1n) is 3.97. The third-order valence-electron chi connectivity index (χ3n) is 1.56. The molecule has 0 saturated carbocycles. The Hall–Kier alpha value is -0.780. The Bertz CT molecular complexity index is 149. The van der Waals surface area contributed by atoms with Gasteiger partial charge in [-0.3, -0.25) is 0 Å². The summed E-state index contributed by atoms with van der Waals surface area (Å²) in [5.41, 5.74) is 0. The quantitative estimate of drug-likeness (QED) is 0.446. The van der Waals surface area contributed by atoms with Crippen molar-refractivity contribution in [2.24, 2.45) is 0 Å². The third kappa shape index (κ3) is 3.29. The van der Waals surface area contributed by atoms with Gasteiger partial charge in [0, 0.05) is 0 Å². The molecule has 0 radical (unpaired) electrons. The fraction of sp³-hybridized carbons (Fsp3) is 0.400. The van der Waals surface area contributed by atoms with Gasteiger partial charge < -0.3 is 0 Å². The molecule has 0 saturated heterocycles. The molecule has 10 heavy (non-hydrogen) atoms. The SMILES string of the molecule is C1=C\CCC/C=C\C/C=C/1. The molecule has 1 rings (SSSR count). The van der Waals surface area contributed by atoms with E-state index in [1.54, 1.807) is 0 Å². The highest BCUT2D eigenvalue weighted by atomic mass is 13.9. The van der Waals surface area contributed by atoms with Crippen LogP contribution in [0, 0.1) is 0 Å². The summed E-state index contributed by atoms with van der Waals surface area (Å²) in [7, 11) is 0. The third-order valence-corrected chi connectivity index (χ3v) is 1.56. The van der Waals surface area contributed by atoms with E-state index >= 15 is 0 Å². The Labute approximate surface area is 62.9 Å². The highest BCUT2D eigenvalue weighted by Crippen LogP contribution is 2.01. The Morgan fingerprint density at radius 3 is 2.50 bits per heavy atom. The van der Waals surface area contributed by atoms with Gasteiger partial charge in [0.2, 0.25) is 0 Å². The van der Waals surface area contributed by atoms with Gasteiger partial charge in [0.1, 0.15) is 0 Å². The lowest BCUT2D eigenvalue weighted by Gasteiger charge is -1.91. The molecule has 0 unspecified atom stereocenters. The van der Waals surface area contributed by atoms with Crippen LogP contribution in [0.3, 0.4) is 0 Å². The summed E-state index contributed by atoms with van der Waals surface area (Å²) >= 11 is 0. The number of rotatable bonds is 0. The average molecular weight is 134 g/mol. The van der Waals surface area contributed by atoms with Gasteiger partial charge in [0.15, 0.2) is 0 Å². The Balaban J connectivity index is 2.38. The molecule has 0 amide bonds. The second-order valence-corrected chi connectivity index (χ2v) is 2.49. The average Bonchev–Trinajstić information content (AvgIpc) is 2.01. The lowest BCUT2D eigenvalue weighted by atomic mass is 10.2. The first kappa shape index (κ1) is 7.33. The van der Waals surface area contributed by atoms with Crippen LogP contribution in [0.15, 0.2) is 36.5 Å². The van der Waals surface area contributed by atoms with Gasteiger partial charge in [-0.25, -0.2) is 0 Å². The fourth-order valence-corrected chi connectivity index (χ4v) is 0.978. The minimum atomic E-state index is 1.09. The summed E-state index contributed by atoms with van der Waals surface area (Å²) in [6.07, 6.45) is 18.0. The standard InChI is InChI=1S/C10H14/c1-2-4-6-8-10-9-7-5-3-1/h1-4,7,9H,5-6,8,10H2/b3-1+,4-2-,9-7-. The van der Waals surface area contributed by atoms with Crippen molar-refractivity contribution in [2.45, 2.75) is 25.7 Å². The van der Waals surface area contributed by atoms with Crippen molar-refractivity contribution in [1.82, 2.24) is 0 Å². The van der Waals surface area contributed by atoms with E-state index in [9.17, 15) is 0 Å². The molecule has 0 N–H and O–H groups in total. The fourth-order valence-electron chi connectivity index (χ4n) is 0.978. The molecule has 0 heteroatoms. The van der Waals surface area contributed by atoms with Crippen LogP contribution in [0.4, 0.5) is 0 Å². The summed E-state index contributed by atoms with van der Waals surface area (Å²) in [5, 5.41) is 0. The first-order chi connectivity index (χ1) is 5.00. The summed E-state index contributed by atoms with van der Waals surface area (Å²) < 4.78 is 0. The number of hydrogen-bond acceptors (Lipinski definition) is 0. The van der Waals surface area contributed by atoms with Crippen LogP contribution in [0.1, 0.15) is 25.7 Å². The largest absolute Gasteiger partial charge is 0.0882 e. The van der Waals surface area contributed by atoms with E-state index in [0.717, 1.165) is 6.42 Å². The van der Waals surface area contributed by atoms with Crippen molar-refractivity contribution >= 4 is 0 Å². The molecule has 0 atom stereocenters. The van der Waals surface area contributed by atoms with E-state index < -0.39 is 0 Å². The second kappa shape index (κ2) is 5.04. The zero-order valence-electron chi connectivity index (χ0n) is 6.29. The molecule has 0 heterocycles. The zero-order chi connectivity index (χ0) is 7.07. The predicted molar refractivity (Wildman–Crippen MR) is 45.9 cm³/mol. The Morgan fingerprint density at radius 2 is 1.50 bits per heavy atom. The van der Waals surface area contributed by atoms with Crippen molar-refractivity contribution in [3.8, 4) is 0 Å². The van der Waals surface area contributed by atoms with Crippen molar-refractivity contribution in [1.29, 1.82) is 0 Å². The lowest BCUT2D eigenvalue weighted by molar-refractivity contribution is 0.865. The molecule has 54 valence electrons. The van der Waals surface area contributed by atoms with Gasteiger partial charge in [-0.05, 0) is 25.7 Å². The van der Waals surface area contributed by atoms with Crippen molar-refractivity contribution in [2.75, 3.05) is 0 Å². The van der Waals surface area contributed by atoms with E-state index in [0.29, 0.717) is 0 Å². The molecule has 0 aromatic carbocycles. The molecule has 0 bridgehead atoms. The molecule has 0 nitrogen and oxygen atoms in total. The number of allylic oxidation sites excluding steroid dienone is 6. The van der Waals surface area contributed by atoms with Crippen LogP contribution in [-0.4, -0.2) is 0 Å². The van der Waals surface area contributed by atoms with Gasteiger partial charge in [-0.2, -0.15) is 0 Å². The molecule has 1 aliphatic rings. The van der Waals surface area contributed by atoms with Gasteiger partial charge >= 0.3 is 0 Å². The van der Waals surface area contributed by atoms with E-state index in [1.165, 1.54) is 19.3 Å². The van der Waals surface area contributed by atoms with Gasteiger partial charge in [0.25, 0.3) is 0 Å². The summed E-state index contributed by atoms with van der Waals surface area (Å²) in [6, 6.07) is 0. The number of hydrogen-bond donors (Lipinski definition) is 0. The van der Waals surface area contributed by atoms with Gasteiger partial charge in [-0.1, -0.05) is 36.5 Å². The van der Waals surface area contributed by atoms with Crippen LogP contribution >= 0.6 is 0 Å². The normalized spacial score (nSPS) is 28.8. The van der Waals surface area contributed by atoms with E-state index in [4.69, 9.17) is 0 Å². The molecule has 0 spiro atoms. The minimum absolute atomic E-state index is 1.09. The molecule has 1 aliphatic carbocycles. The van der Waals surface area contributed by atoms with Crippen LogP contribution in [0.25, 0.3) is 0 Å². The highest BCUT2D eigenvalue weighted by molar-refractivity contribution is 5.05. The molecular formula is C10H14. The van der Waals surface area contributed by atoms with Crippen molar-refractivity contribution < 1.29 is 0 Å². The Morgan fingerprint density at radius 1 is 0.700 bits per heavy atom. The predicted octanol–water partition coefficient (Wildman–Crippen LogP) is 3.23. The van der Waals surface area contributed by atoms with Crippen LogP contribution < -0.4 is 0 Å². The monoisotopic (exact) mass is 134 g/mol. The maximum atomic E-state index is 2.27. The maximum absolute atomic E-state index is 2.27. The van der Waals surface area contributed by atoms with Crippen LogP contribution in [-0.2, 0) is 0 Å². The first-order valence-corrected chi connectivity index (χ1v) is 3.97. The van der Waals surface area contributed by atoms with E-state index in [1.807, 2.05) is 0 Å². The molecular weight excluding hydrogens is 120 g/mol. The topological polar surface area (TPSA) is 0 Å². The van der Waals surface area contributed by atoms with Gasteiger partial charge in [0.05, 0.1) is 0 Å². The smallest absolute Gasteiger partial charge is 0.0166 e. The maximum Gasteiger partial charge on any atom is -0.0166 e. The van der Waals surface area contributed by atoms with Crippen LogP contribution in [0.5, 0.6) is 0 Å². The van der Waals surface area contributed by atoms with Gasteiger partial charge in [-0.15, -0.1) is 0 Å². The molecule has 0 aromatic heterocycles.